The third kappa shape index (κ3) is 5.05. The molecule has 0 unspecified atom stereocenters. The van der Waals surface area contributed by atoms with E-state index in [2.05, 4.69) is 27.8 Å². The van der Waals surface area contributed by atoms with Crippen molar-refractivity contribution in [2.45, 2.75) is 0 Å². The zero-order chi connectivity index (χ0) is 27.5. The summed E-state index contributed by atoms with van der Waals surface area (Å²) in [4.78, 5) is 26.2. The molecule has 0 bridgehead atoms. The van der Waals surface area contributed by atoms with Crippen LogP contribution in [0.4, 0.5) is 10.2 Å². The number of nitrogens with zero attached hydrogens (tertiary/aromatic N) is 5. The van der Waals surface area contributed by atoms with Crippen molar-refractivity contribution < 1.29 is 18.7 Å². The van der Waals surface area contributed by atoms with Crippen LogP contribution in [0.1, 0.15) is 0 Å². The molecule has 0 saturated carbocycles. The van der Waals surface area contributed by atoms with Gasteiger partial charge in [-0.3, -0.25) is 4.79 Å². The van der Waals surface area contributed by atoms with Crippen molar-refractivity contribution in [3.63, 3.8) is 0 Å². The summed E-state index contributed by atoms with van der Waals surface area (Å²) in [6, 6.07) is 23.7. The lowest BCUT2D eigenvalue weighted by molar-refractivity contribution is -0.133. The fourth-order valence-corrected chi connectivity index (χ4v) is 5.01. The molecule has 40 heavy (non-hydrogen) atoms. The molecule has 5 aromatic rings. The maximum absolute atomic E-state index is 13.1. The summed E-state index contributed by atoms with van der Waals surface area (Å²) in [5.74, 6) is 1.61. The first kappa shape index (κ1) is 25.4. The highest BCUT2D eigenvalue weighted by molar-refractivity contribution is 6.02. The Kier molecular flexibility index (Phi) is 7.01. The highest BCUT2D eigenvalue weighted by Crippen LogP contribution is 2.37. The van der Waals surface area contributed by atoms with Gasteiger partial charge in [0.1, 0.15) is 29.5 Å². The number of rotatable bonds is 7. The van der Waals surface area contributed by atoms with Crippen LogP contribution in [0.5, 0.6) is 11.5 Å². The van der Waals surface area contributed by atoms with E-state index in [4.69, 9.17) is 19.4 Å². The number of benzene rings is 3. The van der Waals surface area contributed by atoms with Crippen LogP contribution in [-0.2, 0) is 4.79 Å². The van der Waals surface area contributed by atoms with Gasteiger partial charge in [0.25, 0.3) is 5.91 Å². The van der Waals surface area contributed by atoms with Crippen LogP contribution in [0.25, 0.3) is 27.8 Å². The summed E-state index contributed by atoms with van der Waals surface area (Å²) < 4.78 is 26.2. The lowest BCUT2D eigenvalue weighted by Gasteiger charge is -2.35. The topological polar surface area (TPSA) is 72.7 Å². The maximum Gasteiger partial charge on any atom is 0.260 e. The van der Waals surface area contributed by atoms with E-state index in [0.717, 1.165) is 39.4 Å². The molecule has 0 aliphatic carbocycles. The second-order valence-corrected chi connectivity index (χ2v) is 9.49. The van der Waals surface area contributed by atoms with Gasteiger partial charge in [-0.05, 0) is 42.0 Å². The molecule has 1 aliphatic rings. The normalized spacial score (nSPS) is 13.4. The Morgan fingerprint density at radius 2 is 1.68 bits per heavy atom. The highest BCUT2D eigenvalue weighted by atomic mass is 19.1. The molecule has 0 spiro atoms. The first-order valence-corrected chi connectivity index (χ1v) is 13.1. The second-order valence-electron chi connectivity index (χ2n) is 9.49. The summed E-state index contributed by atoms with van der Waals surface area (Å²) in [5, 5.41) is 0.955. The Balaban J connectivity index is 1.27. The Labute approximate surface area is 231 Å². The lowest BCUT2D eigenvalue weighted by atomic mass is 10.1. The second kappa shape index (κ2) is 11.1. The van der Waals surface area contributed by atoms with E-state index in [-0.39, 0.29) is 18.3 Å². The third-order valence-electron chi connectivity index (χ3n) is 7.09. The van der Waals surface area contributed by atoms with Crippen LogP contribution in [0.15, 0.2) is 91.4 Å². The van der Waals surface area contributed by atoms with Crippen molar-refractivity contribution in [1.29, 1.82) is 0 Å². The van der Waals surface area contributed by atoms with Crippen molar-refractivity contribution in [3.05, 3.63) is 97.2 Å². The van der Waals surface area contributed by atoms with Crippen molar-refractivity contribution in [1.82, 2.24) is 19.4 Å². The molecule has 202 valence electrons. The van der Waals surface area contributed by atoms with Crippen LogP contribution in [0.2, 0.25) is 0 Å². The Bertz CT molecular complexity index is 1630. The van der Waals surface area contributed by atoms with Crippen LogP contribution < -0.4 is 14.4 Å². The molecule has 1 aliphatic heterocycles. The average molecular weight is 538 g/mol. The molecule has 0 atom stereocenters. The molecule has 6 rings (SSSR count). The third-order valence-corrected chi connectivity index (χ3v) is 7.09. The largest absolute Gasteiger partial charge is 0.497 e. The summed E-state index contributed by atoms with van der Waals surface area (Å²) >= 11 is 0. The molecule has 0 radical (unpaired) electrons. The molecule has 8 nitrogen and oxygen atoms in total. The van der Waals surface area contributed by atoms with Gasteiger partial charge in [-0.15, -0.1) is 0 Å². The van der Waals surface area contributed by atoms with Crippen molar-refractivity contribution in [2.75, 3.05) is 44.8 Å². The standard InChI is InChI=1S/C31H28FN5O3/c1-39-26-9-5-8-24(18-26)37-19-27(22-6-3-2-4-7-22)29-30(33-21-34-31(29)37)36-16-14-35(15-17-36)28(38)20-40-25-12-10-23(32)11-13-25/h2-13,18-19,21H,14-17,20H2,1H3. The number of ether oxygens (including phenoxy) is 2. The molecule has 1 saturated heterocycles. The number of carbonyl (C=O) groups excluding carboxylic acids is 1. The van der Waals surface area contributed by atoms with Gasteiger partial charge in [-0.1, -0.05) is 36.4 Å². The Morgan fingerprint density at radius 1 is 0.900 bits per heavy atom. The Morgan fingerprint density at radius 3 is 2.42 bits per heavy atom. The van der Waals surface area contributed by atoms with E-state index in [9.17, 15) is 9.18 Å². The number of halogens is 1. The maximum atomic E-state index is 13.1. The molecule has 9 heteroatoms. The predicted octanol–water partition coefficient (Wildman–Crippen LogP) is 4.96. The minimum Gasteiger partial charge on any atom is -0.497 e. The first-order chi connectivity index (χ1) is 19.6. The molecule has 0 N–H and O–H groups in total. The number of fused-ring (bicyclic) bond motifs is 1. The molecule has 2 aromatic heterocycles. The zero-order valence-corrected chi connectivity index (χ0v) is 22.0. The SMILES string of the molecule is COc1cccc(-n2cc(-c3ccccc3)c3c(N4CCN(C(=O)COc5ccc(F)cc5)CC4)ncnc32)c1. The number of methoxy groups -OCH3 is 1. The highest BCUT2D eigenvalue weighted by Gasteiger charge is 2.26. The summed E-state index contributed by atoms with van der Waals surface area (Å²) in [5.41, 5.74) is 3.83. The average Bonchev–Trinajstić information content (AvgIpc) is 3.41. The van der Waals surface area contributed by atoms with Crippen molar-refractivity contribution >= 4 is 22.8 Å². The number of anilines is 1. The summed E-state index contributed by atoms with van der Waals surface area (Å²) in [7, 11) is 1.65. The van der Waals surface area contributed by atoms with Crippen LogP contribution in [0, 0.1) is 5.82 Å². The predicted molar refractivity (Wildman–Crippen MR) is 152 cm³/mol. The smallest absolute Gasteiger partial charge is 0.260 e. The fraction of sp³-hybridized carbons (Fsp3) is 0.194. The van der Waals surface area contributed by atoms with E-state index in [0.29, 0.717) is 31.9 Å². The van der Waals surface area contributed by atoms with Gasteiger partial charge >= 0.3 is 0 Å². The van der Waals surface area contributed by atoms with E-state index in [1.165, 1.54) is 24.3 Å². The van der Waals surface area contributed by atoms with Crippen molar-refractivity contribution in [3.8, 4) is 28.3 Å². The quantitative estimate of drug-likeness (QED) is 0.292. The monoisotopic (exact) mass is 537 g/mol. The number of piperazine rings is 1. The van der Waals surface area contributed by atoms with E-state index in [1.54, 1.807) is 18.3 Å². The van der Waals surface area contributed by atoms with E-state index < -0.39 is 0 Å². The fourth-order valence-electron chi connectivity index (χ4n) is 5.01. The first-order valence-electron chi connectivity index (χ1n) is 13.1. The van der Waals surface area contributed by atoms with Gasteiger partial charge in [-0.2, -0.15) is 0 Å². The van der Waals surface area contributed by atoms with Crippen molar-refractivity contribution in [2.24, 2.45) is 0 Å². The molecular formula is C31H28FN5O3. The van der Waals surface area contributed by atoms with E-state index in [1.807, 2.05) is 42.5 Å². The van der Waals surface area contributed by atoms with Gasteiger partial charge in [-0.25, -0.2) is 14.4 Å². The van der Waals surface area contributed by atoms with Gasteiger partial charge in [0.15, 0.2) is 12.3 Å². The minimum absolute atomic E-state index is 0.0923. The Hall–Kier alpha value is -4.92. The van der Waals surface area contributed by atoms with E-state index >= 15 is 0 Å². The van der Waals surface area contributed by atoms with Crippen LogP contribution in [-0.4, -0.2) is 65.2 Å². The number of hydrogen-bond acceptors (Lipinski definition) is 6. The number of aromatic nitrogens is 3. The van der Waals surface area contributed by atoms with Gasteiger partial charge < -0.3 is 23.8 Å². The van der Waals surface area contributed by atoms with Gasteiger partial charge in [0.05, 0.1) is 18.2 Å². The number of carbonyl (C=O) groups is 1. The molecule has 1 amide bonds. The number of hydrogen-bond donors (Lipinski definition) is 0. The molecule has 1 fully saturated rings. The molecule has 3 heterocycles. The van der Waals surface area contributed by atoms with Crippen LogP contribution in [0.3, 0.4) is 0 Å². The summed E-state index contributed by atoms with van der Waals surface area (Å²) in [6.45, 7) is 2.22. The number of amides is 1. The summed E-state index contributed by atoms with van der Waals surface area (Å²) in [6.07, 6.45) is 3.69. The van der Waals surface area contributed by atoms with Gasteiger partial charge in [0.2, 0.25) is 0 Å². The molecular weight excluding hydrogens is 509 g/mol. The van der Waals surface area contributed by atoms with Gasteiger partial charge in [0, 0.05) is 44.0 Å². The van der Waals surface area contributed by atoms with Crippen LogP contribution >= 0.6 is 0 Å². The minimum atomic E-state index is -0.345. The lowest BCUT2D eigenvalue weighted by Crippen LogP contribution is -2.50. The zero-order valence-electron chi connectivity index (χ0n) is 22.0. The molecule has 3 aromatic carbocycles.